The highest BCUT2D eigenvalue weighted by atomic mass is 32.2. The Hall–Kier alpha value is -1.22. The summed E-state index contributed by atoms with van der Waals surface area (Å²) in [4.78, 5) is 15.2. The van der Waals surface area contributed by atoms with Gasteiger partial charge in [-0.2, -0.15) is 9.36 Å². The normalized spacial score (nSPS) is 11.9. The fourth-order valence-corrected chi connectivity index (χ4v) is 2.15. The molecule has 0 spiro atoms. The summed E-state index contributed by atoms with van der Waals surface area (Å²) in [7, 11) is -1.21. The van der Waals surface area contributed by atoms with E-state index in [0.717, 1.165) is 24.4 Å². The number of hydrogen-bond donors (Lipinski definition) is 3. The smallest absolute Gasteiger partial charge is 0.333 e. The zero-order chi connectivity index (χ0) is 12.7. The average Bonchev–Trinajstić information content (AvgIpc) is 2.75. The molecule has 96 valence electrons. The van der Waals surface area contributed by atoms with Gasteiger partial charge in [0.25, 0.3) is 0 Å². The third-order valence-electron chi connectivity index (χ3n) is 1.76. The van der Waals surface area contributed by atoms with E-state index in [1.54, 1.807) is 0 Å². The van der Waals surface area contributed by atoms with Crippen LogP contribution in [-0.2, 0) is 10.8 Å². The van der Waals surface area contributed by atoms with Crippen molar-refractivity contribution in [3.63, 3.8) is 0 Å². The Bertz CT molecular complexity index is 395. The van der Waals surface area contributed by atoms with Crippen LogP contribution in [0.3, 0.4) is 0 Å². The van der Waals surface area contributed by atoms with Gasteiger partial charge in [-0.25, -0.2) is 10.2 Å². The highest BCUT2D eigenvalue weighted by Gasteiger charge is 2.07. The van der Waals surface area contributed by atoms with Gasteiger partial charge >= 0.3 is 6.03 Å². The minimum atomic E-state index is -1.21. The molecular formula is C8H15N5O2S2. The van der Waals surface area contributed by atoms with Crippen LogP contribution in [0.1, 0.15) is 19.8 Å². The van der Waals surface area contributed by atoms with E-state index < -0.39 is 10.8 Å². The molecule has 0 saturated carbocycles. The van der Waals surface area contributed by atoms with Crippen molar-refractivity contribution in [1.82, 2.24) is 20.1 Å². The zero-order valence-electron chi connectivity index (χ0n) is 9.65. The number of unbranched alkanes of at least 4 members (excludes halogenated alkanes) is 1. The van der Waals surface area contributed by atoms with Crippen molar-refractivity contribution in [3.05, 3.63) is 0 Å². The Kier molecular flexibility index (Phi) is 5.84. The first-order valence-corrected chi connectivity index (χ1v) is 7.43. The lowest BCUT2D eigenvalue weighted by Crippen LogP contribution is -2.39. The molecule has 1 rings (SSSR count). The quantitative estimate of drug-likeness (QED) is 0.525. The molecule has 0 aromatic carbocycles. The minimum absolute atomic E-state index is 0.255. The molecule has 1 aromatic heterocycles. The van der Waals surface area contributed by atoms with Crippen LogP contribution in [0.25, 0.3) is 0 Å². The number of hydrazine groups is 1. The first-order valence-electron chi connectivity index (χ1n) is 5.10. The van der Waals surface area contributed by atoms with Crippen LogP contribution in [0, 0.1) is 0 Å². The molecule has 1 atom stereocenters. The molecule has 0 saturated heterocycles. The monoisotopic (exact) mass is 277 g/mol. The predicted octanol–water partition coefficient (Wildman–Crippen LogP) is 0.702. The summed E-state index contributed by atoms with van der Waals surface area (Å²) in [5.74, 6) is 0. The fraction of sp³-hybridized carbons (Fsp3) is 0.625. The molecule has 0 fully saturated rings. The summed E-state index contributed by atoms with van der Waals surface area (Å²) in [6.07, 6.45) is 3.46. The topological polar surface area (TPSA) is 96.0 Å². The second-order valence-corrected chi connectivity index (χ2v) is 5.22. The molecular weight excluding hydrogens is 262 g/mol. The second kappa shape index (κ2) is 7.17. The Labute approximate surface area is 106 Å². The Morgan fingerprint density at radius 3 is 2.88 bits per heavy atom. The third kappa shape index (κ3) is 5.09. The predicted molar refractivity (Wildman–Crippen MR) is 67.3 cm³/mol. The standard InChI is InChI=1S/C8H15N5O2S2/c1-3-4-5-9-6(14)11-12-7-10-8(13-16-7)17(2)15/h3-5H2,1-2H3,(H2,9,11,14)(H,10,12,13). The van der Waals surface area contributed by atoms with Crippen molar-refractivity contribution in [2.75, 3.05) is 18.2 Å². The van der Waals surface area contributed by atoms with Gasteiger partial charge in [0.05, 0.1) is 10.8 Å². The molecule has 7 nitrogen and oxygen atoms in total. The van der Waals surface area contributed by atoms with Gasteiger partial charge in [0.2, 0.25) is 10.3 Å². The number of amides is 2. The number of nitrogens with one attached hydrogen (secondary N) is 3. The highest BCUT2D eigenvalue weighted by molar-refractivity contribution is 7.84. The van der Waals surface area contributed by atoms with Gasteiger partial charge in [-0.05, 0) is 6.42 Å². The summed E-state index contributed by atoms with van der Waals surface area (Å²) >= 11 is 1.04. The Morgan fingerprint density at radius 2 is 2.29 bits per heavy atom. The maximum Gasteiger partial charge on any atom is 0.333 e. The van der Waals surface area contributed by atoms with E-state index in [2.05, 4.69) is 25.5 Å². The lowest BCUT2D eigenvalue weighted by Gasteiger charge is -2.06. The van der Waals surface area contributed by atoms with Crippen LogP contribution < -0.4 is 16.2 Å². The summed E-state index contributed by atoms with van der Waals surface area (Å²) in [6.45, 7) is 2.68. The third-order valence-corrected chi connectivity index (χ3v) is 3.21. The van der Waals surface area contributed by atoms with Crippen LogP contribution >= 0.6 is 11.5 Å². The highest BCUT2D eigenvalue weighted by Crippen LogP contribution is 2.11. The number of urea groups is 1. The summed E-state index contributed by atoms with van der Waals surface area (Å²) in [5, 5.41) is 3.33. The van der Waals surface area contributed by atoms with E-state index >= 15 is 0 Å². The van der Waals surface area contributed by atoms with Gasteiger partial charge in [0.15, 0.2) is 0 Å². The van der Waals surface area contributed by atoms with Crippen LogP contribution in [0.4, 0.5) is 9.93 Å². The van der Waals surface area contributed by atoms with Gasteiger partial charge < -0.3 is 5.32 Å². The number of aromatic nitrogens is 2. The van der Waals surface area contributed by atoms with E-state index in [1.807, 2.05) is 6.92 Å². The summed E-state index contributed by atoms with van der Waals surface area (Å²) in [6, 6.07) is -0.326. The SMILES string of the molecule is CCCCNC(=O)NNc1nc(S(C)=O)ns1. The van der Waals surface area contributed by atoms with E-state index in [1.165, 1.54) is 6.26 Å². The fourth-order valence-electron chi connectivity index (χ4n) is 0.911. The maximum absolute atomic E-state index is 11.2. The first-order chi connectivity index (χ1) is 8.13. The van der Waals surface area contributed by atoms with Crippen molar-refractivity contribution in [1.29, 1.82) is 0 Å². The molecule has 0 aliphatic heterocycles. The molecule has 1 aromatic rings. The lowest BCUT2D eigenvalue weighted by molar-refractivity contribution is 0.242. The average molecular weight is 277 g/mol. The van der Waals surface area contributed by atoms with Crippen LogP contribution in [0.5, 0.6) is 0 Å². The van der Waals surface area contributed by atoms with Crippen molar-refractivity contribution >= 4 is 33.5 Å². The number of carbonyl (C=O) groups is 1. The largest absolute Gasteiger partial charge is 0.337 e. The van der Waals surface area contributed by atoms with Crippen molar-refractivity contribution in [2.24, 2.45) is 0 Å². The summed E-state index contributed by atoms with van der Waals surface area (Å²) < 4.78 is 14.9. The number of hydrogen-bond acceptors (Lipinski definition) is 6. The molecule has 0 aliphatic carbocycles. The first kappa shape index (κ1) is 13.8. The van der Waals surface area contributed by atoms with Crippen molar-refractivity contribution in [2.45, 2.75) is 24.9 Å². The molecule has 0 bridgehead atoms. The Morgan fingerprint density at radius 1 is 1.53 bits per heavy atom. The van der Waals surface area contributed by atoms with Crippen LogP contribution in [-0.4, -0.2) is 32.4 Å². The lowest BCUT2D eigenvalue weighted by atomic mass is 10.3. The molecule has 1 unspecified atom stereocenters. The molecule has 17 heavy (non-hydrogen) atoms. The Balaban J connectivity index is 2.29. The van der Waals surface area contributed by atoms with Gasteiger partial charge in [-0.15, -0.1) is 0 Å². The minimum Gasteiger partial charge on any atom is -0.337 e. The van der Waals surface area contributed by atoms with Gasteiger partial charge in [-0.3, -0.25) is 9.63 Å². The van der Waals surface area contributed by atoms with E-state index in [4.69, 9.17) is 0 Å². The maximum atomic E-state index is 11.2. The molecule has 3 N–H and O–H groups in total. The number of nitrogens with zero attached hydrogens (tertiary/aromatic N) is 2. The molecule has 2 amide bonds. The van der Waals surface area contributed by atoms with Gasteiger partial charge in [-0.1, -0.05) is 13.3 Å². The molecule has 0 aliphatic rings. The number of rotatable bonds is 6. The van der Waals surface area contributed by atoms with E-state index in [9.17, 15) is 9.00 Å². The molecule has 0 radical (unpaired) electrons. The van der Waals surface area contributed by atoms with Crippen molar-refractivity contribution in [3.8, 4) is 0 Å². The number of carbonyl (C=O) groups excluding carboxylic acids is 1. The number of anilines is 1. The van der Waals surface area contributed by atoms with E-state index in [-0.39, 0.29) is 11.2 Å². The van der Waals surface area contributed by atoms with Gasteiger partial charge in [0, 0.05) is 24.3 Å². The summed E-state index contributed by atoms with van der Waals surface area (Å²) in [5.41, 5.74) is 5.01. The zero-order valence-corrected chi connectivity index (χ0v) is 11.3. The molecule has 9 heteroatoms. The second-order valence-electron chi connectivity index (χ2n) is 3.20. The van der Waals surface area contributed by atoms with E-state index in [0.29, 0.717) is 11.7 Å². The van der Waals surface area contributed by atoms with Crippen molar-refractivity contribution < 1.29 is 9.00 Å². The van der Waals surface area contributed by atoms with Crippen LogP contribution in [0.2, 0.25) is 0 Å². The van der Waals surface area contributed by atoms with Gasteiger partial charge in [0.1, 0.15) is 0 Å². The van der Waals surface area contributed by atoms with Crippen LogP contribution in [0.15, 0.2) is 5.16 Å². The molecule has 1 heterocycles.